The highest BCUT2D eigenvalue weighted by molar-refractivity contribution is 7.80. The monoisotopic (exact) mass is 632 g/mol. The zero-order chi connectivity index (χ0) is 32.3. The van der Waals surface area contributed by atoms with Crippen LogP contribution in [-0.4, -0.2) is 88.7 Å². The van der Waals surface area contributed by atoms with Crippen LogP contribution in [0.3, 0.4) is 0 Å². The molecule has 44 heavy (non-hydrogen) atoms. The Morgan fingerprint density at radius 1 is 0.614 bits per heavy atom. The summed E-state index contributed by atoms with van der Waals surface area (Å²) in [5.41, 5.74) is 0. The molecule has 0 unspecified atom stereocenters. The quantitative estimate of drug-likeness (QED) is 0.0823. The smallest absolute Gasteiger partial charge is 0.253 e. The number of Topliss-reactive ketones (excluding diaryl/α,β-unsaturated/α-hetero) is 2. The summed E-state index contributed by atoms with van der Waals surface area (Å²) in [5, 5.41) is 5.66. The second-order valence-electron chi connectivity index (χ2n) is 10.9. The fourth-order valence-corrected chi connectivity index (χ4v) is 5.12. The van der Waals surface area contributed by atoms with Crippen molar-refractivity contribution in [3.63, 3.8) is 0 Å². The molecule has 0 saturated heterocycles. The topological polar surface area (TPSA) is 167 Å². The van der Waals surface area contributed by atoms with Crippen LogP contribution in [0.1, 0.15) is 83.5 Å². The minimum Gasteiger partial charge on any atom is -0.356 e. The lowest BCUT2D eigenvalue weighted by Crippen LogP contribution is -2.35. The molecule has 0 aliphatic carbocycles. The van der Waals surface area contributed by atoms with Crippen LogP contribution < -0.4 is 10.6 Å². The zero-order valence-corrected chi connectivity index (χ0v) is 26.1. The van der Waals surface area contributed by atoms with E-state index in [1.54, 1.807) is 0 Å². The molecule has 2 aliphatic heterocycles. The van der Waals surface area contributed by atoms with Gasteiger partial charge in [0.1, 0.15) is 11.6 Å². The fraction of sp³-hybridized carbons (Fsp3) is 0.613. The van der Waals surface area contributed by atoms with E-state index in [1.165, 1.54) is 12.2 Å². The van der Waals surface area contributed by atoms with Crippen molar-refractivity contribution in [3.8, 4) is 0 Å². The third-order valence-corrected chi connectivity index (χ3v) is 7.67. The van der Waals surface area contributed by atoms with Crippen LogP contribution in [0.15, 0.2) is 24.3 Å². The second kappa shape index (κ2) is 20.4. The Kier molecular flexibility index (Phi) is 16.9. The molecule has 2 rings (SSSR count). The number of unbranched alkanes of at least 4 members (excludes halogenated alkanes) is 5. The molecule has 0 spiro atoms. The summed E-state index contributed by atoms with van der Waals surface area (Å²) < 4.78 is 0. The number of hydrogen-bond acceptors (Lipinski definition) is 9. The van der Waals surface area contributed by atoms with Crippen molar-refractivity contribution < 1.29 is 38.4 Å². The van der Waals surface area contributed by atoms with Gasteiger partial charge in [0.25, 0.3) is 23.6 Å². The van der Waals surface area contributed by atoms with Gasteiger partial charge in [0.2, 0.25) is 11.8 Å². The van der Waals surface area contributed by atoms with Crippen LogP contribution in [0.5, 0.6) is 0 Å². The number of rotatable bonds is 24. The van der Waals surface area contributed by atoms with Crippen molar-refractivity contribution in [3.05, 3.63) is 24.3 Å². The molecule has 0 bridgehead atoms. The molecule has 2 N–H and O–H groups in total. The van der Waals surface area contributed by atoms with Crippen LogP contribution in [0, 0.1) is 5.92 Å². The number of nitrogens with zero attached hydrogens (tertiary/aromatic N) is 2. The summed E-state index contributed by atoms with van der Waals surface area (Å²) in [6.45, 7) is 0.780. The van der Waals surface area contributed by atoms with Crippen LogP contribution in [0.2, 0.25) is 0 Å². The van der Waals surface area contributed by atoms with Crippen LogP contribution in [-0.2, 0) is 38.4 Å². The number of hydrogen-bond donors (Lipinski definition) is 3. The van der Waals surface area contributed by atoms with Crippen molar-refractivity contribution in [2.24, 2.45) is 5.92 Å². The van der Waals surface area contributed by atoms with Gasteiger partial charge in [0, 0.05) is 88.5 Å². The highest BCUT2D eigenvalue weighted by atomic mass is 32.1. The van der Waals surface area contributed by atoms with Gasteiger partial charge in [-0.2, -0.15) is 12.6 Å². The number of imide groups is 2. The van der Waals surface area contributed by atoms with Gasteiger partial charge in [0.15, 0.2) is 0 Å². The SMILES string of the molecule is O=C(CCS)CCCCCCCNC(=O)[C@H](CCCCNC(=O)CCN1C(=O)C=CC1=O)CC(=O)CCN1C(=O)C=CC1=O. The van der Waals surface area contributed by atoms with E-state index in [9.17, 15) is 38.4 Å². The molecule has 0 aromatic carbocycles. The van der Waals surface area contributed by atoms with Crippen molar-refractivity contribution in [1.82, 2.24) is 20.4 Å². The minimum atomic E-state index is -0.584. The van der Waals surface area contributed by atoms with E-state index in [2.05, 4.69) is 23.3 Å². The normalized spacial score (nSPS) is 14.9. The van der Waals surface area contributed by atoms with Crippen LogP contribution in [0.4, 0.5) is 0 Å². The Balaban J connectivity index is 1.72. The third-order valence-electron chi connectivity index (χ3n) is 7.45. The molecule has 242 valence electrons. The summed E-state index contributed by atoms with van der Waals surface area (Å²) in [6.07, 6.45) is 11.7. The van der Waals surface area contributed by atoms with Crippen molar-refractivity contribution >= 4 is 59.6 Å². The highest BCUT2D eigenvalue weighted by Gasteiger charge is 2.26. The second-order valence-corrected chi connectivity index (χ2v) is 11.4. The number of carbonyl (C=O) groups is 8. The average molecular weight is 633 g/mol. The van der Waals surface area contributed by atoms with Gasteiger partial charge >= 0.3 is 0 Å². The Hall–Kier alpha value is -3.61. The standard InChI is InChI=1S/C31H44N4O8S/c36-24(16-21-44)9-4-2-1-3-6-18-33-31(43)23(22-25(37)14-19-34-27(39)10-11-28(34)40)8-5-7-17-32-26(38)15-20-35-29(41)12-13-30(35)42/h10-13,23,44H,1-9,14-22H2,(H,32,38)(H,33,43)/t23-/m1/s1. The minimum absolute atomic E-state index is 0.00162. The van der Waals surface area contributed by atoms with Crippen molar-refractivity contribution in [2.75, 3.05) is 31.9 Å². The molecule has 0 radical (unpaired) electrons. The van der Waals surface area contributed by atoms with Gasteiger partial charge in [0.05, 0.1) is 0 Å². The van der Waals surface area contributed by atoms with Gasteiger partial charge in [-0.05, 0) is 31.4 Å². The number of nitrogens with one attached hydrogen (secondary N) is 2. The van der Waals surface area contributed by atoms with E-state index in [0.29, 0.717) is 50.9 Å². The van der Waals surface area contributed by atoms with E-state index in [1.807, 2.05) is 0 Å². The molecule has 1 atom stereocenters. The Morgan fingerprint density at radius 3 is 1.75 bits per heavy atom. The Morgan fingerprint density at radius 2 is 1.14 bits per heavy atom. The first kappa shape index (κ1) is 36.6. The molecule has 13 heteroatoms. The number of ketones is 2. The van der Waals surface area contributed by atoms with Gasteiger partial charge in [-0.25, -0.2) is 0 Å². The molecule has 2 aliphatic rings. The first-order chi connectivity index (χ1) is 21.1. The zero-order valence-electron chi connectivity index (χ0n) is 25.2. The Bertz CT molecular complexity index is 1100. The molecule has 6 amide bonds. The summed E-state index contributed by atoms with van der Waals surface area (Å²) in [4.78, 5) is 98.1. The summed E-state index contributed by atoms with van der Waals surface area (Å²) >= 11 is 4.07. The predicted molar refractivity (Wildman–Crippen MR) is 165 cm³/mol. The molecule has 0 saturated carbocycles. The fourth-order valence-electron chi connectivity index (χ4n) is 4.87. The van der Waals surface area contributed by atoms with Gasteiger partial charge < -0.3 is 10.6 Å². The maximum absolute atomic E-state index is 13.0. The van der Waals surface area contributed by atoms with Crippen molar-refractivity contribution in [2.45, 2.75) is 83.5 Å². The Labute approximate surface area is 263 Å². The first-order valence-electron chi connectivity index (χ1n) is 15.4. The maximum atomic E-state index is 13.0. The molecule has 0 fully saturated rings. The van der Waals surface area contributed by atoms with Gasteiger partial charge in [-0.3, -0.25) is 48.2 Å². The molecule has 0 aromatic heterocycles. The van der Waals surface area contributed by atoms with E-state index < -0.39 is 29.5 Å². The molecule has 0 aromatic rings. The number of amides is 6. The van der Waals surface area contributed by atoms with Crippen LogP contribution in [0.25, 0.3) is 0 Å². The summed E-state index contributed by atoms with van der Waals surface area (Å²) in [6, 6.07) is 0. The summed E-state index contributed by atoms with van der Waals surface area (Å²) in [5.74, 6) is -2.33. The number of carbonyl (C=O) groups excluding carboxylic acids is 8. The molecular formula is C31H44N4O8S. The van der Waals surface area contributed by atoms with Crippen molar-refractivity contribution in [1.29, 1.82) is 0 Å². The van der Waals surface area contributed by atoms with Gasteiger partial charge in [-0.15, -0.1) is 0 Å². The van der Waals surface area contributed by atoms with E-state index in [-0.39, 0.29) is 55.7 Å². The van der Waals surface area contributed by atoms with E-state index >= 15 is 0 Å². The molecule has 2 heterocycles. The van der Waals surface area contributed by atoms with Gasteiger partial charge in [-0.1, -0.05) is 25.7 Å². The predicted octanol–water partition coefficient (Wildman–Crippen LogP) is 1.82. The summed E-state index contributed by atoms with van der Waals surface area (Å²) in [7, 11) is 0. The largest absolute Gasteiger partial charge is 0.356 e. The molecular weight excluding hydrogens is 588 g/mol. The lowest BCUT2D eigenvalue weighted by molar-refractivity contribution is -0.139. The maximum Gasteiger partial charge on any atom is 0.253 e. The van der Waals surface area contributed by atoms with E-state index in [0.717, 1.165) is 54.1 Å². The van der Waals surface area contributed by atoms with Crippen LogP contribution >= 0.6 is 12.6 Å². The third kappa shape index (κ3) is 13.8. The highest BCUT2D eigenvalue weighted by Crippen LogP contribution is 2.16. The lowest BCUT2D eigenvalue weighted by atomic mass is 9.94. The molecule has 12 nitrogen and oxygen atoms in total. The number of thiol groups is 1. The average Bonchev–Trinajstić information content (AvgIpc) is 3.49. The lowest BCUT2D eigenvalue weighted by Gasteiger charge is -2.18. The first-order valence-corrected chi connectivity index (χ1v) is 16.0. The van der Waals surface area contributed by atoms with E-state index in [4.69, 9.17) is 0 Å².